The Bertz CT molecular complexity index is 13.6. The molecular weight excluding hydrogens is 243 g/mol. The van der Waals surface area contributed by atoms with Crippen LogP contribution in [0.4, 0.5) is 0 Å². The van der Waals surface area contributed by atoms with Gasteiger partial charge in [0.05, 0.1) is 0 Å². The molecule has 0 atom stereocenters. The number of hydrogen-bond donors (Lipinski definition) is 0. The molecule has 0 saturated heterocycles. The van der Waals surface area contributed by atoms with Crippen molar-refractivity contribution in [2.24, 2.45) is 0 Å². The zero-order valence-electron chi connectivity index (χ0n) is 4.46. The summed E-state index contributed by atoms with van der Waals surface area (Å²) in [7, 11) is 0. The summed E-state index contributed by atoms with van der Waals surface area (Å²) in [5.74, 6) is 0. The second-order valence-electron chi connectivity index (χ2n) is 0. The molecule has 0 radical (unpaired) electrons. The first-order valence-electron chi connectivity index (χ1n) is 0. The largest absolute Gasteiger partial charge is 4.00 e. The Morgan fingerprint density at radius 3 is 0.400 bits per heavy atom. The normalized spacial score (nSPS) is 0. The SMILES string of the molecule is [C+4].[F-].[F-].[F-].[F-].[F-].[F-].[F-].[K+].[Ni+2]. The van der Waals surface area contributed by atoms with Gasteiger partial charge in [-0.2, -0.15) is 0 Å². The van der Waals surface area contributed by atoms with Crippen molar-refractivity contribution in [1.29, 1.82) is 0 Å². The van der Waals surface area contributed by atoms with Crippen LogP contribution in [-0.2, 0) is 16.5 Å². The van der Waals surface area contributed by atoms with Crippen LogP contribution >= 0.6 is 0 Å². The van der Waals surface area contributed by atoms with Crippen molar-refractivity contribution < 1.29 is 101 Å². The maximum atomic E-state index is 0. The fourth-order valence-corrected chi connectivity index (χ4v) is 0. The van der Waals surface area contributed by atoms with Crippen LogP contribution in [0.25, 0.3) is 0 Å². The summed E-state index contributed by atoms with van der Waals surface area (Å²) in [4.78, 5) is 0. The van der Waals surface area contributed by atoms with Crippen molar-refractivity contribution in [2.75, 3.05) is 0 Å². The minimum absolute atomic E-state index is 0. The number of rotatable bonds is 0. The average Bonchev–Trinajstić information content (AvgIpc) is 0. The van der Waals surface area contributed by atoms with E-state index >= 15 is 0 Å². The molecule has 0 spiro atoms. The summed E-state index contributed by atoms with van der Waals surface area (Å²) >= 11 is 0. The van der Waals surface area contributed by atoms with E-state index in [9.17, 15) is 0 Å². The smallest absolute Gasteiger partial charge is 1.00 e. The topological polar surface area (TPSA) is 0 Å². The van der Waals surface area contributed by atoms with Crippen LogP contribution in [0.15, 0.2) is 0 Å². The van der Waals surface area contributed by atoms with Crippen molar-refractivity contribution in [2.45, 2.75) is 0 Å². The van der Waals surface area contributed by atoms with Gasteiger partial charge in [-0.05, 0) is 0 Å². The van der Waals surface area contributed by atoms with Gasteiger partial charge in [0.15, 0.2) is 0 Å². The Kier molecular flexibility index (Phi) is 18000. The summed E-state index contributed by atoms with van der Waals surface area (Å²) in [5.41, 5.74) is 0. The van der Waals surface area contributed by atoms with Gasteiger partial charge in [0.2, 0.25) is 0 Å². The fourth-order valence-electron chi connectivity index (χ4n) is 0. The van der Waals surface area contributed by atoms with Gasteiger partial charge < -0.3 is 32.9 Å². The third kappa shape index (κ3) is 268. The van der Waals surface area contributed by atoms with Gasteiger partial charge in [0, 0.05) is 0 Å². The van der Waals surface area contributed by atoms with E-state index in [1.54, 1.807) is 0 Å². The van der Waals surface area contributed by atoms with Crippen LogP contribution in [-0.4, -0.2) is 0 Å². The second-order valence-corrected chi connectivity index (χ2v) is 0. The summed E-state index contributed by atoms with van der Waals surface area (Å²) in [5, 5.41) is 0. The first kappa shape index (κ1) is 490. The summed E-state index contributed by atoms with van der Waals surface area (Å²) in [6, 6.07) is 0. The van der Waals surface area contributed by atoms with Gasteiger partial charge in [0.25, 0.3) is 0 Å². The van der Waals surface area contributed by atoms with Crippen molar-refractivity contribution in [1.82, 2.24) is 0 Å². The zero-order valence-corrected chi connectivity index (χ0v) is 8.57. The van der Waals surface area contributed by atoms with Crippen LogP contribution in [0.3, 0.4) is 0 Å². The van der Waals surface area contributed by atoms with Crippen LogP contribution in [0, 0.1) is 7.43 Å². The Labute approximate surface area is 107 Å². The maximum absolute atomic E-state index is 0. The van der Waals surface area contributed by atoms with Gasteiger partial charge in [-0.25, -0.2) is 0 Å². The fraction of sp³-hybridized carbons (Fsp3) is 0. The molecule has 0 heterocycles. The van der Waals surface area contributed by atoms with Crippen molar-refractivity contribution in [3.8, 4) is 0 Å². The molecule has 0 aliphatic rings. The Morgan fingerprint density at radius 2 is 0.400 bits per heavy atom. The molecule has 10 heavy (non-hydrogen) atoms. The third-order valence-electron chi connectivity index (χ3n) is 0. The van der Waals surface area contributed by atoms with E-state index in [1.807, 2.05) is 0 Å². The molecule has 64 valence electrons. The minimum atomic E-state index is 0. The van der Waals surface area contributed by atoms with Crippen molar-refractivity contribution >= 4 is 0 Å². The first-order chi connectivity index (χ1) is 0. The Morgan fingerprint density at radius 1 is 0.400 bits per heavy atom. The molecule has 0 fully saturated rings. The molecular formula is CF7KNi. The van der Waals surface area contributed by atoms with Gasteiger partial charge >= 0.3 is 75.3 Å². The molecule has 0 N–H and O–H groups in total. The Hall–Kier alpha value is 1.64. The van der Waals surface area contributed by atoms with Crippen LogP contribution < -0.4 is 84.3 Å². The average molecular weight is 243 g/mol. The first-order valence-corrected chi connectivity index (χ1v) is 0. The molecule has 9 heteroatoms. The van der Waals surface area contributed by atoms with Crippen molar-refractivity contribution in [3.05, 3.63) is 7.43 Å². The van der Waals surface area contributed by atoms with Crippen LogP contribution in [0.2, 0.25) is 0 Å². The third-order valence-corrected chi connectivity index (χ3v) is 0. The predicted octanol–water partition coefficient (Wildman–Crippen LogP) is -23.9. The van der Waals surface area contributed by atoms with Gasteiger partial charge in [0.1, 0.15) is 0 Å². The predicted molar refractivity (Wildman–Crippen MR) is 3.24 cm³/mol. The molecule has 0 nitrogen and oxygen atoms in total. The molecule has 0 aromatic heterocycles. The molecule has 0 rings (SSSR count). The minimum Gasteiger partial charge on any atom is -1.00 e. The monoisotopic (exact) mass is 242 g/mol. The summed E-state index contributed by atoms with van der Waals surface area (Å²) < 4.78 is 0. The molecule has 0 saturated carbocycles. The van der Waals surface area contributed by atoms with Gasteiger partial charge in [-0.15, -0.1) is 0 Å². The van der Waals surface area contributed by atoms with Crippen LogP contribution in [0.1, 0.15) is 0 Å². The van der Waals surface area contributed by atoms with E-state index < -0.39 is 0 Å². The molecule has 0 aliphatic carbocycles. The van der Waals surface area contributed by atoms with E-state index in [0.717, 1.165) is 0 Å². The molecule has 0 aromatic rings. The maximum Gasteiger partial charge on any atom is 4.00 e. The van der Waals surface area contributed by atoms with E-state index in [4.69, 9.17) is 0 Å². The quantitative estimate of drug-likeness (QED) is 0.293. The van der Waals surface area contributed by atoms with E-state index in [-0.39, 0.29) is 108 Å². The van der Waals surface area contributed by atoms with Gasteiger partial charge in [-0.3, -0.25) is 0 Å². The number of hydrogen-bond acceptors (Lipinski definition) is 0. The second kappa shape index (κ2) is 368. The Balaban J connectivity index is 0. The molecule has 0 aromatic carbocycles. The number of halogens is 7. The summed E-state index contributed by atoms with van der Waals surface area (Å²) in [6.07, 6.45) is 0. The zero-order chi connectivity index (χ0) is 0. The van der Waals surface area contributed by atoms with Gasteiger partial charge in [-0.1, -0.05) is 0 Å². The van der Waals surface area contributed by atoms with Crippen LogP contribution in [0.5, 0.6) is 0 Å². The standard InChI is InChI=1S/C.7FH.K.Ni/h;7*1H;;/q+4;;;;;;;;+1;+2/p-7. The van der Waals surface area contributed by atoms with E-state index in [0.29, 0.717) is 0 Å². The van der Waals surface area contributed by atoms with Crippen molar-refractivity contribution in [3.63, 3.8) is 0 Å². The molecule has 0 amide bonds. The molecule has 0 unspecified atom stereocenters. The summed E-state index contributed by atoms with van der Waals surface area (Å²) in [6.45, 7) is 0. The molecule has 0 bridgehead atoms. The van der Waals surface area contributed by atoms with E-state index in [1.165, 1.54) is 0 Å². The molecule has 0 aliphatic heterocycles. The van der Waals surface area contributed by atoms with E-state index in [2.05, 4.69) is 0 Å².